The Hall–Kier alpha value is -2.73. The number of ether oxygens (including phenoxy) is 2. The predicted octanol–water partition coefficient (Wildman–Crippen LogP) is 3.46. The molecule has 1 heterocycles. The molecule has 2 N–H and O–H groups in total. The number of hydrogen-bond donors (Lipinski definition) is 2. The monoisotopic (exact) mass is 369 g/mol. The summed E-state index contributed by atoms with van der Waals surface area (Å²) in [6.45, 7) is 2.15. The van der Waals surface area contributed by atoms with E-state index in [9.17, 15) is 4.79 Å². The van der Waals surface area contributed by atoms with E-state index in [0.29, 0.717) is 23.1 Å². The number of amides is 1. The van der Waals surface area contributed by atoms with Crippen molar-refractivity contribution >= 4 is 17.3 Å². The van der Waals surface area contributed by atoms with Gasteiger partial charge < -0.3 is 25.0 Å². The molecule has 2 aromatic carbocycles. The highest BCUT2D eigenvalue weighted by atomic mass is 16.5. The summed E-state index contributed by atoms with van der Waals surface area (Å²) < 4.78 is 10.7. The van der Waals surface area contributed by atoms with Gasteiger partial charge in [0.15, 0.2) is 11.5 Å². The molecule has 0 unspecified atom stereocenters. The van der Waals surface area contributed by atoms with Crippen LogP contribution >= 0.6 is 0 Å². The minimum absolute atomic E-state index is 0.233. The van der Waals surface area contributed by atoms with Crippen LogP contribution in [0.3, 0.4) is 0 Å². The quantitative estimate of drug-likeness (QED) is 0.816. The number of likely N-dealkylation sites (tertiary alicyclic amines) is 1. The SMILES string of the molecule is COc1cccc(C(=O)Nc2ccccc2NC2CCN(C)CC2)c1OC. The number of rotatable bonds is 6. The zero-order valence-corrected chi connectivity index (χ0v) is 16.1. The normalized spacial score (nSPS) is 15.2. The highest BCUT2D eigenvalue weighted by molar-refractivity contribution is 6.08. The molecule has 1 saturated heterocycles. The maximum Gasteiger partial charge on any atom is 0.259 e. The van der Waals surface area contributed by atoms with Crippen molar-refractivity contribution in [3.8, 4) is 11.5 Å². The van der Waals surface area contributed by atoms with E-state index in [2.05, 4.69) is 22.6 Å². The van der Waals surface area contributed by atoms with Crippen LogP contribution in [0.1, 0.15) is 23.2 Å². The van der Waals surface area contributed by atoms with Gasteiger partial charge in [0.05, 0.1) is 31.2 Å². The molecular weight excluding hydrogens is 342 g/mol. The van der Waals surface area contributed by atoms with E-state index in [1.807, 2.05) is 24.3 Å². The van der Waals surface area contributed by atoms with Crippen LogP contribution in [0.25, 0.3) is 0 Å². The second-order valence-corrected chi connectivity index (χ2v) is 6.76. The largest absolute Gasteiger partial charge is 0.493 e. The summed E-state index contributed by atoms with van der Waals surface area (Å²) in [7, 11) is 5.23. The minimum Gasteiger partial charge on any atom is -0.493 e. The van der Waals surface area contributed by atoms with Crippen molar-refractivity contribution in [2.24, 2.45) is 0 Å². The summed E-state index contributed by atoms with van der Waals surface area (Å²) in [5.74, 6) is 0.726. The van der Waals surface area contributed by atoms with Crippen LogP contribution in [0, 0.1) is 0 Å². The first-order valence-electron chi connectivity index (χ1n) is 9.19. The molecule has 6 nitrogen and oxygen atoms in total. The number of piperidine rings is 1. The number of hydrogen-bond acceptors (Lipinski definition) is 5. The third-order valence-electron chi connectivity index (χ3n) is 4.90. The molecule has 0 saturated carbocycles. The number of anilines is 2. The van der Waals surface area contributed by atoms with Gasteiger partial charge in [0.1, 0.15) is 0 Å². The van der Waals surface area contributed by atoms with E-state index >= 15 is 0 Å². The van der Waals surface area contributed by atoms with Crippen molar-refractivity contribution in [2.75, 3.05) is 45.0 Å². The second kappa shape index (κ2) is 8.77. The van der Waals surface area contributed by atoms with Crippen LogP contribution in [0.2, 0.25) is 0 Å². The number of carbonyl (C=O) groups is 1. The van der Waals surface area contributed by atoms with E-state index in [1.165, 1.54) is 7.11 Å². The molecule has 0 bridgehead atoms. The third-order valence-corrected chi connectivity index (χ3v) is 4.90. The molecular formula is C21H27N3O3. The van der Waals surface area contributed by atoms with Gasteiger partial charge in [-0.05, 0) is 57.2 Å². The number of methoxy groups -OCH3 is 2. The molecule has 1 fully saturated rings. The van der Waals surface area contributed by atoms with Crippen LogP contribution in [-0.4, -0.2) is 51.2 Å². The molecule has 2 aromatic rings. The lowest BCUT2D eigenvalue weighted by Gasteiger charge is -2.30. The number of nitrogens with zero attached hydrogens (tertiary/aromatic N) is 1. The summed E-state index contributed by atoms with van der Waals surface area (Å²) >= 11 is 0. The van der Waals surface area contributed by atoms with Gasteiger partial charge in [-0.1, -0.05) is 18.2 Å². The molecule has 3 rings (SSSR count). The molecule has 0 spiro atoms. The Labute approximate surface area is 160 Å². The lowest BCUT2D eigenvalue weighted by atomic mass is 10.0. The first kappa shape index (κ1) is 19.0. The molecule has 0 atom stereocenters. The standard InChI is InChI=1S/C21H27N3O3/c1-24-13-11-15(12-14-24)22-17-8-4-5-9-18(17)23-21(25)16-7-6-10-19(26-2)20(16)27-3/h4-10,15,22H,11-14H2,1-3H3,(H,23,25). The summed E-state index contributed by atoms with van der Waals surface area (Å²) in [6, 6.07) is 13.5. The molecule has 0 radical (unpaired) electrons. The fourth-order valence-corrected chi connectivity index (χ4v) is 3.35. The maximum atomic E-state index is 12.9. The molecule has 27 heavy (non-hydrogen) atoms. The smallest absolute Gasteiger partial charge is 0.259 e. The molecule has 0 aliphatic carbocycles. The lowest BCUT2D eigenvalue weighted by molar-refractivity contribution is 0.102. The topological polar surface area (TPSA) is 62.8 Å². The fraction of sp³-hybridized carbons (Fsp3) is 0.381. The number of nitrogens with one attached hydrogen (secondary N) is 2. The van der Waals surface area contributed by atoms with Crippen molar-refractivity contribution in [3.05, 3.63) is 48.0 Å². The minimum atomic E-state index is -0.233. The van der Waals surface area contributed by atoms with Gasteiger partial charge in [0, 0.05) is 6.04 Å². The highest BCUT2D eigenvalue weighted by Gasteiger charge is 2.20. The number of carbonyl (C=O) groups excluding carboxylic acids is 1. The van der Waals surface area contributed by atoms with E-state index < -0.39 is 0 Å². The van der Waals surface area contributed by atoms with E-state index in [1.54, 1.807) is 25.3 Å². The van der Waals surface area contributed by atoms with Crippen LogP contribution in [0.15, 0.2) is 42.5 Å². The van der Waals surface area contributed by atoms with Crippen LogP contribution < -0.4 is 20.1 Å². The van der Waals surface area contributed by atoms with Gasteiger partial charge in [-0.3, -0.25) is 4.79 Å². The fourth-order valence-electron chi connectivity index (χ4n) is 3.35. The van der Waals surface area contributed by atoms with Gasteiger partial charge in [-0.25, -0.2) is 0 Å². The third kappa shape index (κ3) is 4.52. The summed E-state index contributed by atoms with van der Waals surface area (Å²) in [5.41, 5.74) is 2.12. The molecule has 144 valence electrons. The average molecular weight is 369 g/mol. The number of benzene rings is 2. The van der Waals surface area contributed by atoms with Crippen molar-refractivity contribution in [3.63, 3.8) is 0 Å². The van der Waals surface area contributed by atoms with Gasteiger partial charge in [-0.2, -0.15) is 0 Å². The molecule has 6 heteroatoms. The zero-order valence-electron chi connectivity index (χ0n) is 16.1. The van der Waals surface area contributed by atoms with Crippen molar-refractivity contribution in [1.82, 2.24) is 4.90 Å². The average Bonchev–Trinajstić information content (AvgIpc) is 2.70. The molecule has 1 aliphatic heterocycles. The highest BCUT2D eigenvalue weighted by Crippen LogP contribution is 2.32. The maximum absolute atomic E-state index is 12.9. The Balaban J connectivity index is 1.77. The van der Waals surface area contributed by atoms with Crippen molar-refractivity contribution in [2.45, 2.75) is 18.9 Å². The lowest BCUT2D eigenvalue weighted by Crippen LogP contribution is -2.36. The van der Waals surface area contributed by atoms with Gasteiger partial charge in [-0.15, -0.1) is 0 Å². The Morgan fingerprint density at radius 1 is 1.00 bits per heavy atom. The van der Waals surface area contributed by atoms with Crippen molar-refractivity contribution < 1.29 is 14.3 Å². The Kier molecular flexibility index (Phi) is 6.19. The molecule has 0 aromatic heterocycles. The predicted molar refractivity (Wildman–Crippen MR) is 108 cm³/mol. The van der Waals surface area contributed by atoms with Crippen LogP contribution in [-0.2, 0) is 0 Å². The summed E-state index contributed by atoms with van der Waals surface area (Å²) in [6.07, 6.45) is 2.17. The van der Waals surface area contributed by atoms with E-state index in [-0.39, 0.29) is 5.91 Å². The Bertz CT molecular complexity index is 786. The Morgan fingerprint density at radius 2 is 1.70 bits per heavy atom. The first-order valence-corrected chi connectivity index (χ1v) is 9.19. The number of para-hydroxylation sites is 3. The van der Waals surface area contributed by atoms with Gasteiger partial charge in [0.2, 0.25) is 0 Å². The summed E-state index contributed by atoms with van der Waals surface area (Å²) in [5, 5.41) is 6.58. The molecule has 1 amide bonds. The van der Waals surface area contributed by atoms with E-state index in [0.717, 1.165) is 37.3 Å². The zero-order chi connectivity index (χ0) is 19.2. The van der Waals surface area contributed by atoms with Crippen molar-refractivity contribution in [1.29, 1.82) is 0 Å². The second-order valence-electron chi connectivity index (χ2n) is 6.76. The molecule has 1 aliphatic rings. The van der Waals surface area contributed by atoms with E-state index in [4.69, 9.17) is 9.47 Å². The van der Waals surface area contributed by atoms with Crippen LogP contribution in [0.5, 0.6) is 11.5 Å². The van der Waals surface area contributed by atoms with Gasteiger partial charge >= 0.3 is 0 Å². The first-order chi connectivity index (χ1) is 13.1. The Morgan fingerprint density at radius 3 is 2.37 bits per heavy atom. The van der Waals surface area contributed by atoms with Gasteiger partial charge in [0.25, 0.3) is 5.91 Å². The summed E-state index contributed by atoms with van der Waals surface area (Å²) in [4.78, 5) is 15.2. The van der Waals surface area contributed by atoms with Crippen LogP contribution in [0.4, 0.5) is 11.4 Å².